The Morgan fingerprint density at radius 2 is 2.04 bits per heavy atom. The lowest BCUT2D eigenvalue weighted by atomic mass is 10.4. The minimum Gasteiger partial charge on any atom is -0.485 e. The van der Waals surface area contributed by atoms with Crippen molar-refractivity contribution >= 4 is 39.5 Å². The summed E-state index contributed by atoms with van der Waals surface area (Å²) in [6.45, 7) is -0.196. The van der Waals surface area contributed by atoms with Gasteiger partial charge in [-0.1, -0.05) is 34.5 Å². The number of ether oxygens (including phenoxy) is 1. The molecule has 0 radical (unpaired) electrons. The molecule has 0 saturated heterocycles. The molecule has 0 unspecified atom stereocenters. The summed E-state index contributed by atoms with van der Waals surface area (Å²) in [5.41, 5.74) is -1.41. The molecule has 0 amide bonds. The van der Waals surface area contributed by atoms with Crippen LogP contribution < -0.4 is 10.3 Å². The van der Waals surface area contributed by atoms with Crippen LogP contribution in [0.4, 0.5) is 13.2 Å². The molecular formula is C12H7Cl2F3N4O2S. The number of rotatable bonds is 3. The van der Waals surface area contributed by atoms with Crippen molar-refractivity contribution in [2.45, 2.75) is 12.7 Å². The van der Waals surface area contributed by atoms with Crippen LogP contribution in [0.3, 0.4) is 0 Å². The van der Waals surface area contributed by atoms with E-state index in [4.69, 9.17) is 27.9 Å². The zero-order chi connectivity index (χ0) is 17.6. The average molecular weight is 399 g/mol. The number of alkyl halides is 3. The van der Waals surface area contributed by atoms with E-state index in [0.717, 1.165) is 26.5 Å². The Morgan fingerprint density at radius 1 is 1.33 bits per heavy atom. The van der Waals surface area contributed by atoms with Crippen LogP contribution in [0.15, 0.2) is 16.9 Å². The highest BCUT2D eigenvalue weighted by Crippen LogP contribution is 2.33. The number of thiazole rings is 1. The summed E-state index contributed by atoms with van der Waals surface area (Å²) in [4.78, 5) is 16.6. The first kappa shape index (κ1) is 17.1. The van der Waals surface area contributed by atoms with E-state index in [-0.39, 0.29) is 27.5 Å². The molecule has 128 valence electrons. The molecule has 0 saturated carbocycles. The molecule has 0 aliphatic carbocycles. The molecule has 3 heterocycles. The monoisotopic (exact) mass is 398 g/mol. The van der Waals surface area contributed by atoms with E-state index in [2.05, 4.69) is 10.1 Å². The third-order valence-electron chi connectivity index (χ3n) is 3.01. The Kier molecular flexibility index (Phi) is 4.22. The highest BCUT2D eigenvalue weighted by molar-refractivity contribution is 7.19. The van der Waals surface area contributed by atoms with Gasteiger partial charge in [0, 0.05) is 12.1 Å². The Morgan fingerprint density at radius 3 is 2.62 bits per heavy atom. The zero-order valence-electron chi connectivity index (χ0n) is 11.8. The fourth-order valence-electron chi connectivity index (χ4n) is 1.98. The lowest BCUT2D eigenvalue weighted by molar-refractivity contribution is -0.141. The van der Waals surface area contributed by atoms with E-state index >= 15 is 0 Å². The van der Waals surface area contributed by atoms with Crippen LogP contribution in [0.2, 0.25) is 10.3 Å². The van der Waals surface area contributed by atoms with Gasteiger partial charge in [-0.2, -0.15) is 18.3 Å². The van der Waals surface area contributed by atoms with Crippen molar-refractivity contribution in [2.75, 3.05) is 7.11 Å². The van der Waals surface area contributed by atoms with Gasteiger partial charge < -0.3 is 4.74 Å². The van der Waals surface area contributed by atoms with Crippen molar-refractivity contribution in [3.05, 3.63) is 44.2 Å². The predicted molar refractivity (Wildman–Crippen MR) is 82.2 cm³/mol. The van der Waals surface area contributed by atoms with Gasteiger partial charge in [0.25, 0.3) is 5.56 Å². The summed E-state index contributed by atoms with van der Waals surface area (Å²) < 4.78 is 45.0. The molecule has 6 nitrogen and oxygen atoms in total. The molecular weight excluding hydrogens is 392 g/mol. The van der Waals surface area contributed by atoms with Crippen LogP contribution >= 0.6 is 34.5 Å². The van der Waals surface area contributed by atoms with E-state index < -0.39 is 17.4 Å². The molecule has 3 aromatic rings. The largest absolute Gasteiger partial charge is 0.485 e. The van der Waals surface area contributed by atoms with Gasteiger partial charge in [0.1, 0.15) is 5.15 Å². The van der Waals surface area contributed by atoms with Crippen LogP contribution in [-0.4, -0.2) is 26.3 Å². The lowest BCUT2D eigenvalue weighted by Crippen LogP contribution is -2.16. The summed E-state index contributed by atoms with van der Waals surface area (Å²) in [6.07, 6.45) is -4.61. The molecule has 0 fully saturated rings. The maximum Gasteiger partial charge on any atom is 0.435 e. The minimum absolute atomic E-state index is 0.0815. The highest BCUT2D eigenvalue weighted by Gasteiger charge is 2.34. The van der Waals surface area contributed by atoms with Crippen LogP contribution in [0, 0.1) is 0 Å². The second-order valence-electron chi connectivity index (χ2n) is 4.60. The Balaban J connectivity index is 2.02. The molecule has 0 N–H and O–H groups in total. The van der Waals surface area contributed by atoms with E-state index in [1.54, 1.807) is 0 Å². The van der Waals surface area contributed by atoms with E-state index in [9.17, 15) is 18.0 Å². The molecule has 0 spiro atoms. The quantitative estimate of drug-likeness (QED) is 0.678. The highest BCUT2D eigenvalue weighted by atomic mass is 35.5. The smallest absolute Gasteiger partial charge is 0.435 e. The van der Waals surface area contributed by atoms with Gasteiger partial charge >= 0.3 is 6.18 Å². The molecule has 24 heavy (non-hydrogen) atoms. The molecule has 3 rings (SSSR count). The number of hydrogen-bond acceptors (Lipinski definition) is 5. The third kappa shape index (κ3) is 2.96. The molecule has 3 aromatic heterocycles. The normalized spacial score (nSPS) is 12.1. The van der Waals surface area contributed by atoms with Gasteiger partial charge in [-0.05, 0) is 0 Å². The van der Waals surface area contributed by atoms with E-state index in [0.29, 0.717) is 11.1 Å². The molecule has 0 aliphatic rings. The molecule has 0 atom stereocenters. The number of halogens is 5. The zero-order valence-corrected chi connectivity index (χ0v) is 14.1. The fraction of sp³-hybridized carbons (Fsp3) is 0.250. The maximum atomic E-state index is 12.6. The van der Waals surface area contributed by atoms with Crippen molar-refractivity contribution < 1.29 is 17.9 Å². The van der Waals surface area contributed by atoms with Crippen molar-refractivity contribution in [1.82, 2.24) is 19.2 Å². The topological polar surface area (TPSA) is 61.4 Å². The van der Waals surface area contributed by atoms with Crippen LogP contribution in [0.5, 0.6) is 5.06 Å². The SMILES string of the molecule is COc1sc2nc(Cn3nc(C(F)(F)F)cc3Cl)cc(=O)n2c1Cl. The maximum absolute atomic E-state index is 12.6. The molecule has 12 heteroatoms. The van der Waals surface area contributed by atoms with Gasteiger partial charge in [0.15, 0.2) is 10.8 Å². The third-order valence-corrected chi connectivity index (χ3v) is 4.77. The van der Waals surface area contributed by atoms with E-state index in [1.807, 2.05) is 0 Å². The van der Waals surface area contributed by atoms with Gasteiger partial charge in [0.2, 0.25) is 10.0 Å². The predicted octanol–water partition coefficient (Wildman–Crippen LogP) is 3.34. The van der Waals surface area contributed by atoms with Crippen molar-refractivity contribution in [3.63, 3.8) is 0 Å². The summed E-state index contributed by atoms with van der Waals surface area (Å²) in [5, 5.41) is 3.55. The first-order chi connectivity index (χ1) is 11.2. The fourth-order valence-corrected chi connectivity index (χ4v) is 3.44. The molecule has 0 aromatic carbocycles. The Labute approximate surface area is 146 Å². The van der Waals surface area contributed by atoms with Crippen LogP contribution in [0.25, 0.3) is 4.96 Å². The van der Waals surface area contributed by atoms with Gasteiger partial charge in [-0.15, -0.1) is 0 Å². The lowest BCUT2D eigenvalue weighted by Gasteiger charge is -2.04. The minimum atomic E-state index is -4.61. The van der Waals surface area contributed by atoms with Gasteiger partial charge in [-0.3, -0.25) is 4.79 Å². The summed E-state index contributed by atoms with van der Waals surface area (Å²) in [6, 6.07) is 1.86. The average Bonchev–Trinajstić information content (AvgIpc) is 3.00. The summed E-state index contributed by atoms with van der Waals surface area (Å²) in [7, 11) is 1.39. The number of methoxy groups -OCH3 is 1. The van der Waals surface area contributed by atoms with Crippen LogP contribution in [-0.2, 0) is 12.7 Å². The molecule has 0 aliphatic heterocycles. The number of hydrogen-bond donors (Lipinski definition) is 0. The Hall–Kier alpha value is -1.78. The standard InChI is InChI=1S/C12H7Cl2F3N4O2S/c1-23-10-9(14)21-8(22)2-5(18-11(21)24-10)4-20-7(13)3-6(19-20)12(15,16)17/h2-3H,4H2,1H3. The Bertz CT molecular complexity index is 979. The summed E-state index contributed by atoms with van der Waals surface area (Å²) >= 11 is 12.8. The van der Waals surface area contributed by atoms with Gasteiger partial charge in [0.05, 0.1) is 19.3 Å². The second kappa shape index (κ2) is 5.94. The van der Waals surface area contributed by atoms with Crippen molar-refractivity contribution in [1.29, 1.82) is 0 Å². The van der Waals surface area contributed by atoms with Gasteiger partial charge in [-0.25, -0.2) is 14.1 Å². The number of aromatic nitrogens is 4. The van der Waals surface area contributed by atoms with E-state index in [1.165, 1.54) is 7.11 Å². The van der Waals surface area contributed by atoms with Crippen molar-refractivity contribution in [3.8, 4) is 5.06 Å². The second-order valence-corrected chi connectivity index (χ2v) is 6.28. The van der Waals surface area contributed by atoms with Crippen LogP contribution in [0.1, 0.15) is 11.4 Å². The summed E-state index contributed by atoms with van der Waals surface area (Å²) in [5.74, 6) is 0. The van der Waals surface area contributed by atoms with Crippen molar-refractivity contribution in [2.24, 2.45) is 0 Å². The molecule has 0 bridgehead atoms. The first-order valence-corrected chi connectivity index (χ1v) is 7.83. The number of nitrogens with zero attached hydrogens (tertiary/aromatic N) is 4. The number of fused-ring (bicyclic) bond motifs is 1. The first-order valence-electron chi connectivity index (χ1n) is 6.26.